The van der Waals surface area contributed by atoms with E-state index in [4.69, 9.17) is 0 Å². The molecule has 0 atom stereocenters. The lowest BCUT2D eigenvalue weighted by atomic mass is 10.1. The summed E-state index contributed by atoms with van der Waals surface area (Å²) >= 11 is 0. The highest BCUT2D eigenvalue weighted by Gasteiger charge is 2.17. The fourth-order valence-electron chi connectivity index (χ4n) is 6.23. The third-order valence-corrected chi connectivity index (χ3v) is 9.20. The van der Waals surface area contributed by atoms with Gasteiger partial charge in [-0.15, -0.1) is 0 Å². The summed E-state index contributed by atoms with van der Waals surface area (Å²) in [6.07, 6.45) is 0. The molecule has 0 fully saturated rings. The maximum Gasteiger partial charge on any atom is 0.0542 e. The summed E-state index contributed by atoms with van der Waals surface area (Å²) in [7, 11) is 0. The molecule has 8 aromatic rings. The van der Waals surface area contributed by atoms with Gasteiger partial charge >= 0.3 is 0 Å². The summed E-state index contributed by atoms with van der Waals surface area (Å²) in [6.45, 7) is 14.8. The van der Waals surface area contributed by atoms with Gasteiger partial charge in [-0.1, -0.05) is 136 Å². The number of aromatic nitrogens is 1. The van der Waals surface area contributed by atoms with Gasteiger partial charge in [0.05, 0.1) is 11.0 Å². The van der Waals surface area contributed by atoms with Crippen LogP contribution in [-0.2, 0) is 0 Å². The molecule has 7 aromatic carbocycles. The van der Waals surface area contributed by atoms with Crippen LogP contribution in [0.15, 0.2) is 164 Å². The van der Waals surface area contributed by atoms with Gasteiger partial charge in [0.25, 0.3) is 0 Å². The highest BCUT2D eigenvalue weighted by Crippen LogP contribution is 2.40. The van der Waals surface area contributed by atoms with Crippen molar-refractivity contribution < 1.29 is 0 Å². The fourth-order valence-corrected chi connectivity index (χ4v) is 6.23. The third-order valence-electron chi connectivity index (χ3n) is 9.20. The molecule has 0 saturated heterocycles. The average molecular weight is 665 g/mol. The molecule has 0 unspecified atom stereocenters. The van der Waals surface area contributed by atoms with E-state index in [0.29, 0.717) is 0 Å². The first-order chi connectivity index (χ1) is 24.7. The molecule has 8 rings (SSSR count). The van der Waals surface area contributed by atoms with E-state index < -0.39 is 0 Å². The van der Waals surface area contributed by atoms with Crippen LogP contribution in [-0.4, -0.2) is 4.57 Å². The molecule has 0 saturated carbocycles. The molecule has 2 nitrogen and oxygen atoms in total. The maximum atomic E-state index is 2.37. The lowest BCUT2D eigenvalue weighted by Gasteiger charge is -2.26. The zero-order chi connectivity index (χ0) is 35.9. The summed E-state index contributed by atoms with van der Waals surface area (Å²) in [5, 5.41) is 2.53. The Morgan fingerprint density at radius 2 is 0.647 bits per heavy atom. The number of hydrogen-bond acceptors (Lipinski definition) is 1. The van der Waals surface area contributed by atoms with Crippen LogP contribution in [0.25, 0.3) is 27.5 Å². The van der Waals surface area contributed by atoms with Crippen molar-refractivity contribution in [2.45, 2.75) is 48.5 Å². The molecular weight excluding hydrogens is 617 g/mol. The molecule has 0 aliphatic rings. The van der Waals surface area contributed by atoms with Crippen LogP contribution >= 0.6 is 0 Å². The lowest BCUT2D eigenvalue weighted by Crippen LogP contribution is -2.09. The molecule has 254 valence electrons. The molecule has 0 spiro atoms. The first-order valence-electron chi connectivity index (χ1n) is 17.8. The van der Waals surface area contributed by atoms with Gasteiger partial charge in [-0.2, -0.15) is 0 Å². The Bertz CT molecular complexity index is 2200. The van der Waals surface area contributed by atoms with Crippen molar-refractivity contribution in [2.24, 2.45) is 0 Å². The Kier molecular flexibility index (Phi) is 10.8. The number of aryl methyl sites for hydroxylation is 7. The summed E-state index contributed by atoms with van der Waals surface area (Å²) in [4.78, 5) is 2.35. The minimum Gasteiger partial charge on any atom is -0.310 e. The van der Waals surface area contributed by atoms with E-state index in [0.717, 1.165) is 17.1 Å². The van der Waals surface area contributed by atoms with Crippen molar-refractivity contribution in [1.82, 2.24) is 4.57 Å². The molecule has 51 heavy (non-hydrogen) atoms. The van der Waals surface area contributed by atoms with Gasteiger partial charge < -0.3 is 9.47 Å². The van der Waals surface area contributed by atoms with E-state index in [-0.39, 0.29) is 0 Å². The van der Waals surface area contributed by atoms with Gasteiger partial charge in [0.2, 0.25) is 0 Å². The van der Waals surface area contributed by atoms with Crippen LogP contribution in [0.3, 0.4) is 0 Å². The van der Waals surface area contributed by atoms with Gasteiger partial charge in [-0.05, 0) is 115 Å². The highest BCUT2D eigenvalue weighted by molar-refractivity contribution is 6.11. The van der Waals surface area contributed by atoms with E-state index in [9.17, 15) is 0 Å². The lowest BCUT2D eigenvalue weighted by molar-refractivity contribution is 1.18. The molecule has 0 aliphatic carbocycles. The van der Waals surface area contributed by atoms with Gasteiger partial charge in [-0.3, -0.25) is 0 Å². The van der Waals surface area contributed by atoms with Crippen LogP contribution in [0, 0.1) is 48.5 Å². The summed E-state index contributed by atoms with van der Waals surface area (Å²) in [5.74, 6) is 0. The van der Waals surface area contributed by atoms with Gasteiger partial charge in [0.15, 0.2) is 0 Å². The van der Waals surface area contributed by atoms with Crippen molar-refractivity contribution in [1.29, 1.82) is 0 Å². The Hall–Kier alpha value is -5.86. The second kappa shape index (κ2) is 15.8. The number of rotatable bonds is 4. The van der Waals surface area contributed by atoms with Crippen LogP contribution in [0.2, 0.25) is 0 Å². The fraction of sp³-hybridized carbons (Fsp3) is 0.143. The highest BCUT2D eigenvalue weighted by atomic mass is 15.1. The molecule has 0 bridgehead atoms. The first kappa shape index (κ1) is 35.0. The van der Waals surface area contributed by atoms with E-state index in [2.05, 4.69) is 222 Å². The molecule has 1 heterocycles. The van der Waals surface area contributed by atoms with Crippen molar-refractivity contribution in [2.75, 3.05) is 4.90 Å². The molecular formula is C49H48N2. The van der Waals surface area contributed by atoms with Crippen LogP contribution in [0.4, 0.5) is 17.1 Å². The van der Waals surface area contributed by atoms with Gasteiger partial charge in [-0.25, -0.2) is 0 Å². The molecule has 0 N–H and O–H groups in total. The molecule has 0 amide bonds. The van der Waals surface area contributed by atoms with Crippen molar-refractivity contribution in [3.8, 4) is 5.69 Å². The minimum atomic E-state index is 1.15. The van der Waals surface area contributed by atoms with E-state index in [1.54, 1.807) is 0 Å². The normalized spacial score (nSPS) is 10.6. The average Bonchev–Trinajstić information content (AvgIpc) is 3.46. The molecule has 1 aromatic heterocycles. The van der Waals surface area contributed by atoms with E-state index in [1.165, 1.54) is 66.4 Å². The monoisotopic (exact) mass is 664 g/mol. The number of hydrogen-bond donors (Lipinski definition) is 0. The molecule has 0 aliphatic heterocycles. The Morgan fingerprint density at radius 1 is 0.314 bits per heavy atom. The topological polar surface area (TPSA) is 8.17 Å². The molecule has 2 heteroatoms. The van der Waals surface area contributed by atoms with Gasteiger partial charge in [0.1, 0.15) is 0 Å². The molecule has 0 radical (unpaired) electrons. The zero-order valence-electron chi connectivity index (χ0n) is 31.0. The SMILES string of the molecule is Cc1ccc(C)cc1.Cc1ccc(C)cc1.Cc1ccc(N(c2ccc(C)cc2)c2ccc3c(c2)c2cc(C)ccc2n3-c2ccccc2)cc1. The van der Waals surface area contributed by atoms with Crippen LogP contribution < -0.4 is 4.90 Å². The number of benzene rings is 7. The summed E-state index contributed by atoms with van der Waals surface area (Å²) in [5.41, 5.74) is 16.2. The summed E-state index contributed by atoms with van der Waals surface area (Å²) in [6, 6.07) is 58.7. The zero-order valence-corrected chi connectivity index (χ0v) is 31.0. The quantitative estimate of drug-likeness (QED) is 0.182. The van der Waals surface area contributed by atoms with Gasteiger partial charge in [0, 0.05) is 33.5 Å². The van der Waals surface area contributed by atoms with Crippen molar-refractivity contribution >= 4 is 38.9 Å². The second-order valence-corrected chi connectivity index (χ2v) is 13.7. The number of anilines is 3. The Balaban J connectivity index is 0.000000230. The smallest absolute Gasteiger partial charge is 0.0542 e. The summed E-state index contributed by atoms with van der Waals surface area (Å²) < 4.78 is 2.37. The van der Waals surface area contributed by atoms with E-state index in [1.807, 2.05) is 0 Å². The standard InChI is InChI=1S/C33H28N2.2C8H10/c1-23-9-14-27(15-10-23)34(28-16-11-24(2)12-17-28)29-18-20-33-31(22-29)30-21-25(3)13-19-32(30)35(33)26-7-5-4-6-8-26;2*1-7-3-5-8(2)6-4-7/h4-22H,1-3H3;2*3-6H,1-2H3. The second-order valence-electron chi connectivity index (χ2n) is 13.7. The number of fused-ring (bicyclic) bond motifs is 3. The largest absolute Gasteiger partial charge is 0.310 e. The van der Waals surface area contributed by atoms with Crippen LogP contribution in [0.5, 0.6) is 0 Å². The predicted molar refractivity (Wildman–Crippen MR) is 222 cm³/mol. The minimum absolute atomic E-state index is 1.15. The van der Waals surface area contributed by atoms with E-state index >= 15 is 0 Å². The first-order valence-corrected chi connectivity index (χ1v) is 17.8. The van der Waals surface area contributed by atoms with Crippen LogP contribution in [0.1, 0.15) is 38.9 Å². The Morgan fingerprint density at radius 3 is 1.08 bits per heavy atom. The van der Waals surface area contributed by atoms with Crippen molar-refractivity contribution in [3.05, 3.63) is 203 Å². The maximum absolute atomic E-state index is 2.37. The third kappa shape index (κ3) is 8.48. The van der Waals surface area contributed by atoms with Crippen molar-refractivity contribution in [3.63, 3.8) is 0 Å². The number of nitrogens with zero attached hydrogens (tertiary/aromatic N) is 2. The number of para-hydroxylation sites is 1. The predicted octanol–water partition coefficient (Wildman–Crippen LogP) is 13.8. The Labute approximate surface area is 304 Å².